The quantitative estimate of drug-likeness (QED) is 0.253. The van der Waals surface area contributed by atoms with Gasteiger partial charge in [0.15, 0.2) is 17.5 Å². The molecule has 3 N–H and O–H groups in total. The summed E-state index contributed by atoms with van der Waals surface area (Å²) >= 11 is 0. The number of benzene rings is 1. The van der Waals surface area contributed by atoms with Gasteiger partial charge in [0.05, 0.1) is 23.2 Å². The van der Waals surface area contributed by atoms with E-state index in [1.165, 1.54) is 0 Å². The van der Waals surface area contributed by atoms with E-state index in [0.29, 0.717) is 42.7 Å². The molecule has 0 bridgehead atoms. The Morgan fingerprint density at radius 2 is 1.76 bits per heavy atom. The zero-order valence-corrected chi connectivity index (χ0v) is 24.3. The number of pyridine rings is 1. The largest absolute Gasteiger partial charge is 0.349 e. The van der Waals surface area contributed by atoms with Crippen molar-refractivity contribution in [3.8, 4) is 5.82 Å². The molecule has 42 heavy (non-hydrogen) atoms. The van der Waals surface area contributed by atoms with Crippen LogP contribution in [0.4, 0.5) is 11.6 Å². The molecule has 1 aliphatic carbocycles. The van der Waals surface area contributed by atoms with Crippen molar-refractivity contribution in [1.29, 1.82) is 0 Å². The molecule has 1 amide bonds. The van der Waals surface area contributed by atoms with Gasteiger partial charge < -0.3 is 10.6 Å². The number of aromatic nitrogens is 7. The topological polar surface area (TPSA) is 135 Å². The summed E-state index contributed by atoms with van der Waals surface area (Å²) in [5, 5.41) is 24.2. The molecule has 0 aliphatic heterocycles. The fourth-order valence-corrected chi connectivity index (χ4v) is 5.79. The molecule has 11 heteroatoms. The molecule has 4 heterocycles. The zero-order valence-electron chi connectivity index (χ0n) is 24.3. The lowest BCUT2D eigenvalue weighted by atomic mass is 9.85. The van der Waals surface area contributed by atoms with E-state index in [1.807, 2.05) is 80.9 Å². The Balaban J connectivity index is 1.12. The first-order valence-electron chi connectivity index (χ1n) is 14.4. The van der Waals surface area contributed by atoms with E-state index in [1.54, 1.807) is 10.9 Å². The third-order valence-corrected chi connectivity index (χ3v) is 8.05. The highest BCUT2D eigenvalue weighted by Crippen LogP contribution is 2.33. The van der Waals surface area contributed by atoms with Crippen LogP contribution in [-0.4, -0.2) is 40.6 Å². The molecule has 1 saturated carbocycles. The Morgan fingerprint density at radius 3 is 2.40 bits per heavy atom. The van der Waals surface area contributed by atoms with E-state index in [4.69, 9.17) is 5.10 Å². The highest BCUT2D eigenvalue weighted by molar-refractivity contribution is 5.92. The number of aromatic amines is 1. The van der Waals surface area contributed by atoms with Gasteiger partial charge in [0.25, 0.3) is 5.56 Å². The van der Waals surface area contributed by atoms with Crippen LogP contribution in [0.15, 0.2) is 59.5 Å². The number of aryl methyl sites for hydroxylation is 3. The number of amides is 1. The molecule has 1 aromatic carbocycles. The van der Waals surface area contributed by atoms with Gasteiger partial charge in [0.2, 0.25) is 5.91 Å². The van der Waals surface area contributed by atoms with Crippen molar-refractivity contribution in [1.82, 2.24) is 40.1 Å². The summed E-state index contributed by atoms with van der Waals surface area (Å²) in [6, 6.07) is 15.0. The SMILES string of the molecule is Cc1cc(C)n(-c2ccc([C@H](C)NC(=O)C3CCC(n4nc(Nc5cc(C)[nH]n5)c5ccccc5c4=O)CC3)cn2)n1. The summed E-state index contributed by atoms with van der Waals surface area (Å²) < 4.78 is 3.41. The van der Waals surface area contributed by atoms with Crippen molar-refractivity contribution in [3.63, 3.8) is 0 Å². The van der Waals surface area contributed by atoms with Crippen LogP contribution < -0.4 is 16.2 Å². The number of nitrogens with one attached hydrogen (secondary N) is 3. The molecule has 11 nitrogen and oxygen atoms in total. The number of anilines is 2. The average Bonchev–Trinajstić information content (AvgIpc) is 3.57. The van der Waals surface area contributed by atoms with Crippen LogP contribution >= 0.6 is 0 Å². The van der Waals surface area contributed by atoms with Crippen molar-refractivity contribution in [2.45, 2.75) is 65.5 Å². The molecule has 0 radical (unpaired) electrons. The first-order chi connectivity index (χ1) is 20.3. The maximum Gasteiger partial charge on any atom is 0.275 e. The fourth-order valence-electron chi connectivity index (χ4n) is 5.79. The monoisotopic (exact) mass is 565 g/mol. The van der Waals surface area contributed by atoms with Crippen LogP contribution in [0.1, 0.15) is 67.3 Å². The van der Waals surface area contributed by atoms with Gasteiger partial charge in [-0.2, -0.15) is 15.3 Å². The van der Waals surface area contributed by atoms with Gasteiger partial charge in [0.1, 0.15) is 0 Å². The molecule has 6 rings (SSSR count). The maximum atomic E-state index is 13.4. The molecular formula is C31H35N9O2. The third-order valence-electron chi connectivity index (χ3n) is 8.05. The molecular weight excluding hydrogens is 530 g/mol. The number of nitrogens with zero attached hydrogens (tertiary/aromatic N) is 6. The lowest BCUT2D eigenvalue weighted by Crippen LogP contribution is -2.37. The lowest BCUT2D eigenvalue weighted by Gasteiger charge is -2.29. The first kappa shape index (κ1) is 27.4. The van der Waals surface area contributed by atoms with Crippen molar-refractivity contribution in [3.05, 3.63) is 87.7 Å². The van der Waals surface area contributed by atoms with E-state index >= 15 is 0 Å². The molecule has 216 valence electrons. The number of rotatable bonds is 7. The van der Waals surface area contributed by atoms with Crippen molar-refractivity contribution < 1.29 is 4.79 Å². The van der Waals surface area contributed by atoms with Gasteiger partial charge in [-0.3, -0.25) is 14.7 Å². The summed E-state index contributed by atoms with van der Waals surface area (Å²) in [7, 11) is 0. The molecule has 1 atom stereocenters. The lowest BCUT2D eigenvalue weighted by molar-refractivity contribution is -0.126. The van der Waals surface area contributed by atoms with E-state index in [2.05, 4.69) is 30.9 Å². The molecule has 1 aliphatic rings. The van der Waals surface area contributed by atoms with Gasteiger partial charge in [-0.15, -0.1) is 0 Å². The minimum Gasteiger partial charge on any atom is -0.349 e. The minimum absolute atomic E-state index is 0.0265. The zero-order chi connectivity index (χ0) is 29.4. The summed E-state index contributed by atoms with van der Waals surface area (Å²) in [4.78, 5) is 31.2. The standard InChI is InChI=1S/C31H35N9O2/c1-18-16-27(36-35-18)34-29-25-7-5-6-8-26(25)31(42)40(38-29)24-12-9-22(10-13-24)30(41)33-21(4)23-11-14-28(32-17-23)39-20(3)15-19(2)37-39/h5-8,11,14-17,21-22,24H,9-10,12-13H2,1-4H3,(H,33,41)(H2,34,35,36,38)/t21-,22?,24?/m0/s1. The Labute approximate surface area is 243 Å². The highest BCUT2D eigenvalue weighted by Gasteiger charge is 2.30. The van der Waals surface area contributed by atoms with E-state index in [9.17, 15) is 9.59 Å². The number of hydrogen-bond acceptors (Lipinski definition) is 7. The van der Waals surface area contributed by atoms with Crippen LogP contribution in [0.5, 0.6) is 0 Å². The second-order valence-corrected chi connectivity index (χ2v) is 11.2. The summed E-state index contributed by atoms with van der Waals surface area (Å²) in [6.45, 7) is 7.85. The predicted octanol–water partition coefficient (Wildman–Crippen LogP) is 4.98. The maximum absolute atomic E-state index is 13.4. The number of fused-ring (bicyclic) bond motifs is 1. The smallest absolute Gasteiger partial charge is 0.275 e. The Hall–Kier alpha value is -4.80. The van der Waals surface area contributed by atoms with Gasteiger partial charge in [-0.25, -0.2) is 14.3 Å². The van der Waals surface area contributed by atoms with Crippen LogP contribution in [0.2, 0.25) is 0 Å². The molecule has 4 aromatic heterocycles. The predicted molar refractivity (Wildman–Crippen MR) is 161 cm³/mol. The molecule has 1 fully saturated rings. The Kier molecular flexibility index (Phi) is 7.32. The van der Waals surface area contributed by atoms with Gasteiger partial charge in [-0.1, -0.05) is 24.3 Å². The van der Waals surface area contributed by atoms with Crippen LogP contribution in [0, 0.1) is 26.7 Å². The van der Waals surface area contributed by atoms with Gasteiger partial charge >= 0.3 is 0 Å². The molecule has 0 spiro atoms. The first-order valence-corrected chi connectivity index (χ1v) is 14.4. The average molecular weight is 566 g/mol. The Morgan fingerprint density at radius 1 is 1.00 bits per heavy atom. The molecule has 0 saturated heterocycles. The van der Waals surface area contributed by atoms with Gasteiger partial charge in [0, 0.05) is 35.0 Å². The number of H-pyrrole nitrogens is 1. The minimum atomic E-state index is -0.179. The number of hydrogen-bond donors (Lipinski definition) is 3. The molecule has 5 aromatic rings. The third kappa shape index (κ3) is 5.41. The van der Waals surface area contributed by atoms with Crippen molar-refractivity contribution in [2.75, 3.05) is 5.32 Å². The van der Waals surface area contributed by atoms with E-state index < -0.39 is 0 Å². The van der Waals surface area contributed by atoms with Crippen molar-refractivity contribution in [2.24, 2.45) is 5.92 Å². The number of carbonyl (C=O) groups excluding carboxylic acids is 1. The highest BCUT2D eigenvalue weighted by atomic mass is 16.2. The van der Waals surface area contributed by atoms with E-state index in [-0.39, 0.29) is 29.5 Å². The van der Waals surface area contributed by atoms with Crippen molar-refractivity contribution >= 4 is 28.3 Å². The number of carbonyl (C=O) groups is 1. The summed E-state index contributed by atoms with van der Waals surface area (Å²) in [5.41, 5.74) is 3.70. The fraction of sp³-hybridized carbons (Fsp3) is 0.355. The summed E-state index contributed by atoms with van der Waals surface area (Å²) in [6.07, 6.45) is 4.54. The van der Waals surface area contributed by atoms with Crippen LogP contribution in [0.25, 0.3) is 16.6 Å². The van der Waals surface area contributed by atoms with Crippen LogP contribution in [-0.2, 0) is 4.79 Å². The van der Waals surface area contributed by atoms with Crippen LogP contribution in [0.3, 0.4) is 0 Å². The second kappa shape index (κ2) is 11.2. The summed E-state index contributed by atoms with van der Waals surface area (Å²) in [5.74, 6) is 1.88. The normalized spacial score (nSPS) is 17.7. The molecule has 0 unspecified atom stereocenters. The Bertz CT molecular complexity index is 1790. The second-order valence-electron chi connectivity index (χ2n) is 11.2. The van der Waals surface area contributed by atoms with E-state index in [0.717, 1.165) is 33.8 Å². The van der Waals surface area contributed by atoms with Gasteiger partial charge in [-0.05, 0) is 77.1 Å².